The fourth-order valence-corrected chi connectivity index (χ4v) is 8.83. The minimum atomic E-state index is -0.0912. The van der Waals surface area contributed by atoms with Gasteiger partial charge >= 0.3 is 0 Å². The molecule has 0 N–H and O–H groups in total. The van der Waals surface area contributed by atoms with Crippen LogP contribution in [-0.2, 0) is 0 Å². The summed E-state index contributed by atoms with van der Waals surface area (Å²) in [5.74, 6) is 0.946. The Morgan fingerprint density at radius 1 is 0.846 bits per heavy atom. The van der Waals surface area contributed by atoms with Crippen LogP contribution >= 0.6 is 7.92 Å². The predicted molar refractivity (Wildman–Crippen MR) is 113 cm³/mol. The molecule has 2 fully saturated rings. The van der Waals surface area contributed by atoms with E-state index in [1.165, 1.54) is 69.9 Å². The van der Waals surface area contributed by atoms with Crippen LogP contribution in [0.3, 0.4) is 0 Å². The van der Waals surface area contributed by atoms with Crippen molar-refractivity contribution in [3.8, 4) is 11.4 Å². The Balaban J connectivity index is 1.70. The molecule has 0 spiro atoms. The van der Waals surface area contributed by atoms with Gasteiger partial charge in [0, 0.05) is 23.4 Å². The average Bonchev–Trinajstić information content (AvgIpc) is 3.19. The first kappa shape index (κ1) is 18.1. The summed E-state index contributed by atoms with van der Waals surface area (Å²) in [6.45, 7) is 0. The van der Waals surface area contributed by atoms with Gasteiger partial charge in [-0.05, 0) is 61.3 Å². The van der Waals surface area contributed by atoms with Gasteiger partial charge in [0.25, 0.3) is 0 Å². The molecule has 1 aromatic heterocycles. The molecule has 3 heteroatoms. The quantitative estimate of drug-likeness (QED) is 0.568. The molecule has 140 valence electrons. The first-order valence-electron chi connectivity index (χ1n) is 10.5. The predicted octanol–water partition coefficient (Wildman–Crippen LogP) is 6.26. The molecular formula is C23H32NOP. The summed E-state index contributed by atoms with van der Waals surface area (Å²) in [5, 5.41) is 0. The summed E-state index contributed by atoms with van der Waals surface area (Å²) in [6.07, 6.45) is 16.7. The molecule has 0 amide bonds. The van der Waals surface area contributed by atoms with Crippen molar-refractivity contribution in [3.63, 3.8) is 0 Å². The molecule has 0 bridgehead atoms. The van der Waals surface area contributed by atoms with Crippen LogP contribution in [0.2, 0.25) is 0 Å². The monoisotopic (exact) mass is 369 g/mol. The summed E-state index contributed by atoms with van der Waals surface area (Å²) in [5.41, 5.74) is 4.72. The van der Waals surface area contributed by atoms with Gasteiger partial charge in [-0.1, -0.05) is 52.5 Å². The van der Waals surface area contributed by atoms with Gasteiger partial charge in [0.15, 0.2) is 0 Å². The van der Waals surface area contributed by atoms with Crippen LogP contribution in [0.5, 0.6) is 5.75 Å². The van der Waals surface area contributed by atoms with Gasteiger partial charge in [0.05, 0.1) is 7.11 Å². The van der Waals surface area contributed by atoms with Gasteiger partial charge in [0.1, 0.15) is 5.75 Å². The first-order chi connectivity index (χ1) is 12.9. The molecule has 0 aliphatic heterocycles. The average molecular weight is 369 g/mol. The van der Waals surface area contributed by atoms with E-state index in [1.54, 1.807) is 12.5 Å². The molecule has 1 heterocycles. The topological polar surface area (TPSA) is 14.2 Å². The van der Waals surface area contributed by atoms with Crippen LogP contribution in [0, 0.1) is 0 Å². The lowest BCUT2D eigenvalue weighted by molar-refractivity contribution is 0.414. The fraction of sp³-hybridized carbons (Fsp3) is 0.565. The molecule has 2 aliphatic rings. The van der Waals surface area contributed by atoms with Crippen LogP contribution in [0.25, 0.3) is 5.69 Å². The van der Waals surface area contributed by atoms with Gasteiger partial charge in [-0.25, -0.2) is 0 Å². The molecule has 0 unspecified atom stereocenters. The van der Waals surface area contributed by atoms with E-state index in [0.29, 0.717) is 0 Å². The first-order valence-corrected chi connectivity index (χ1v) is 11.9. The van der Waals surface area contributed by atoms with Gasteiger partial charge in [-0.3, -0.25) is 0 Å². The number of benzene rings is 1. The van der Waals surface area contributed by atoms with Crippen LogP contribution in [-0.4, -0.2) is 23.0 Å². The van der Waals surface area contributed by atoms with E-state index < -0.39 is 0 Å². The van der Waals surface area contributed by atoms with Crippen molar-refractivity contribution in [2.45, 2.75) is 75.5 Å². The third kappa shape index (κ3) is 3.86. The van der Waals surface area contributed by atoms with E-state index in [-0.39, 0.29) is 7.92 Å². The number of hydrogen-bond acceptors (Lipinski definition) is 1. The lowest BCUT2D eigenvalue weighted by atomic mass is 9.99. The van der Waals surface area contributed by atoms with Crippen LogP contribution in [0.1, 0.15) is 64.2 Å². The van der Waals surface area contributed by atoms with E-state index in [1.807, 2.05) is 6.07 Å². The number of aromatic nitrogens is 1. The van der Waals surface area contributed by atoms with Crippen LogP contribution in [0.4, 0.5) is 0 Å². The highest BCUT2D eigenvalue weighted by molar-refractivity contribution is 7.66. The Hall–Kier alpha value is -1.27. The fourth-order valence-electron chi connectivity index (χ4n) is 4.95. The van der Waals surface area contributed by atoms with E-state index in [2.05, 4.69) is 41.1 Å². The standard InChI is InChI=1S/C23H32NOP/c1-25-20-11-8-10-19(18-20)24-17-9-16-23(24)26(21-12-4-2-5-13-21)22-14-6-3-7-15-22/h8-11,16-18,21-22H,2-7,12-15H2,1H3. The number of methoxy groups -OCH3 is 1. The molecule has 2 nitrogen and oxygen atoms in total. The lowest BCUT2D eigenvalue weighted by Crippen LogP contribution is -2.29. The van der Waals surface area contributed by atoms with Crippen molar-refractivity contribution >= 4 is 13.4 Å². The van der Waals surface area contributed by atoms with Gasteiger partial charge in [-0.2, -0.15) is 0 Å². The van der Waals surface area contributed by atoms with Gasteiger partial charge in [0.2, 0.25) is 0 Å². The second-order valence-corrected chi connectivity index (χ2v) is 10.7. The summed E-state index contributed by atoms with van der Waals surface area (Å²) < 4.78 is 7.95. The zero-order chi connectivity index (χ0) is 17.8. The van der Waals surface area contributed by atoms with Gasteiger partial charge < -0.3 is 9.30 Å². The van der Waals surface area contributed by atoms with Crippen LogP contribution < -0.4 is 10.2 Å². The largest absolute Gasteiger partial charge is 0.497 e. The normalized spacial score (nSPS) is 19.8. The minimum Gasteiger partial charge on any atom is -0.497 e. The zero-order valence-electron chi connectivity index (χ0n) is 16.1. The molecular weight excluding hydrogens is 337 g/mol. The molecule has 26 heavy (non-hydrogen) atoms. The Morgan fingerprint density at radius 3 is 2.12 bits per heavy atom. The molecule has 0 atom stereocenters. The lowest BCUT2D eigenvalue weighted by Gasteiger charge is -2.39. The minimum absolute atomic E-state index is 0.0912. The zero-order valence-corrected chi connectivity index (χ0v) is 17.0. The highest BCUT2D eigenvalue weighted by atomic mass is 31.1. The smallest absolute Gasteiger partial charge is 0.120 e. The molecule has 2 saturated carbocycles. The number of ether oxygens (including phenoxy) is 1. The van der Waals surface area contributed by atoms with Crippen molar-refractivity contribution in [2.24, 2.45) is 0 Å². The summed E-state index contributed by atoms with van der Waals surface area (Å²) >= 11 is 0. The summed E-state index contributed by atoms with van der Waals surface area (Å²) in [6, 6.07) is 13.2. The van der Waals surface area contributed by atoms with E-state index in [9.17, 15) is 0 Å². The van der Waals surface area contributed by atoms with Crippen molar-refractivity contribution in [1.82, 2.24) is 4.57 Å². The SMILES string of the molecule is COc1cccc(-n2cccc2P(C2CCCCC2)C2CCCCC2)c1. The highest BCUT2D eigenvalue weighted by Crippen LogP contribution is 2.55. The Labute approximate surface area is 159 Å². The van der Waals surface area contributed by atoms with E-state index in [0.717, 1.165) is 17.1 Å². The molecule has 1 aromatic carbocycles. The number of hydrogen-bond donors (Lipinski definition) is 0. The molecule has 0 saturated heterocycles. The van der Waals surface area contributed by atoms with Gasteiger partial charge in [-0.15, -0.1) is 0 Å². The second kappa shape index (κ2) is 8.61. The number of nitrogens with zero attached hydrogens (tertiary/aromatic N) is 1. The van der Waals surface area contributed by atoms with Crippen molar-refractivity contribution in [2.75, 3.05) is 7.11 Å². The highest BCUT2D eigenvalue weighted by Gasteiger charge is 2.34. The van der Waals surface area contributed by atoms with Crippen molar-refractivity contribution in [1.29, 1.82) is 0 Å². The Bertz CT molecular complexity index is 680. The third-order valence-corrected chi connectivity index (χ3v) is 9.76. The van der Waals surface area contributed by atoms with Crippen LogP contribution in [0.15, 0.2) is 42.6 Å². The Morgan fingerprint density at radius 2 is 1.50 bits per heavy atom. The molecule has 2 aromatic rings. The molecule has 2 aliphatic carbocycles. The van der Waals surface area contributed by atoms with Crippen molar-refractivity contribution in [3.05, 3.63) is 42.6 Å². The van der Waals surface area contributed by atoms with E-state index in [4.69, 9.17) is 4.74 Å². The summed E-state index contributed by atoms with van der Waals surface area (Å²) in [4.78, 5) is 0. The second-order valence-electron chi connectivity index (χ2n) is 7.93. The maximum absolute atomic E-state index is 5.48. The molecule has 0 radical (unpaired) electrons. The maximum atomic E-state index is 5.48. The number of rotatable bonds is 5. The third-order valence-electron chi connectivity index (χ3n) is 6.26. The molecule has 4 rings (SSSR count). The maximum Gasteiger partial charge on any atom is 0.120 e. The van der Waals surface area contributed by atoms with E-state index >= 15 is 0 Å². The van der Waals surface area contributed by atoms with Crippen molar-refractivity contribution < 1.29 is 4.74 Å². The Kier molecular flexibility index (Phi) is 6.00. The summed E-state index contributed by atoms with van der Waals surface area (Å²) in [7, 11) is 1.67.